The van der Waals surface area contributed by atoms with Crippen LogP contribution in [0.5, 0.6) is 0 Å². The third-order valence-electron chi connectivity index (χ3n) is 3.90. The summed E-state index contributed by atoms with van der Waals surface area (Å²) in [5.74, 6) is 2.43. The molecule has 0 saturated heterocycles. The molecule has 1 fully saturated rings. The van der Waals surface area contributed by atoms with Crippen LogP contribution < -0.4 is 5.32 Å². The van der Waals surface area contributed by atoms with Gasteiger partial charge >= 0.3 is 0 Å². The Labute approximate surface area is 115 Å². The summed E-state index contributed by atoms with van der Waals surface area (Å²) in [6, 6.07) is 5.87. The van der Waals surface area contributed by atoms with E-state index in [0.29, 0.717) is 0 Å². The van der Waals surface area contributed by atoms with Crippen LogP contribution in [0.15, 0.2) is 34.8 Å². The van der Waals surface area contributed by atoms with Crippen LogP contribution in [0.3, 0.4) is 0 Å². The van der Waals surface area contributed by atoms with Gasteiger partial charge in [-0.1, -0.05) is 23.8 Å². The Hall–Kier alpha value is -0.470. The summed E-state index contributed by atoms with van der Waals surface area (Å²) in [6.07, 6.45) is 7.49. The molecule has 3 atom stereocenters. The van der Waals surface area contributed by atoms with E-state index in [2.05, 4.69) is 33.4 Å². The van der Waals surface area contributed by atoms with Crippen molar-refractivity contribution in [2.24, 2.45) is 17.8 Å². The van der Waals surface area contributed by atoms with Gasteiger partial charge in [-0.3, -0.25) is 0 Å². The molecule has 2 bridgehead atoms. The van der Waals surface area contributed by atoms with Crippen molar-refractivity contribution in [3.63, 3.8) is 0 Å². The molecular formula is C14H15BrClN. The van der Waals surface area contributed by atoms with Gasteiger partial charge < -0.3 is 5.32 Å². The molecule has 3 unspecified atom stereocenters. The molecule has 90 valence electrons. The molecule has 0 spiro atoms. The first-order valence-electron chi connectivity index (χ1n) is 6.09. The van der Waals surface area contributed by atoms with Crippen LogP contribution in [0.4, 0.5) is 5.69 Å². The molecule has 2 aliphatic rings. The van der Waals surface area contributed by atoms with Crippen molar-refractivity contribution in [1.29, 1.82) is 0 Å². The minimum atomic E-state index is 0.781. The molecule has 1 nitrogen and oxygen atoms in total. The quantitative estimate of drug-likeness (QED) is 0.796. The lowest BCUT2D eigenvalue weighted by Crippen LogP contribution is -2.18. The van der Waals surface area contributed by atoms with E-state index < -0.39 is 0 Å². The van der Waals surface area contributed by atoms with Crippen LogP contribution in [-0.4, -0.2) is 6.54 Å². The highest BCUT2D eigenvalue weighted by molar-refractivity contribution is 9.10. The van der Waals surface area contributed by atoms with E-state index in [1.165, 1.54) is 12.8 Å². The van der Waals surface area contributed by atoms with E-state index in [1.54, 1.807) is 0 Å². The third-order valence-corrected chi connectivity index (χ3v) is 4.83. The maximum atomic E-state index is 6.00. The molecule has 2 aliphatic carbocycles. The largest absolute Gasteiger partial charge is 0.384 e. The molecule has 1 aromatic rings. The molecule has 0 amide bonds. The minimum Gasteiger partial charge on any atom is -0.384 e. The zero-order chi connectivity index (χ0) is 11.8. The Balaban J connectivity index is 1.64. The van der Waals surface area contributed by atoms with Gasteiger partial charge in [0.25, 0.3) is 0 Å². The number of allylic oxidation sites excluding steroid dienone is 2. The van der Waals surface area contributed by atoms with E-state index in [0.717, 1.165) is 39.5 Å². The van der Waals surface area contributed by atoms with E-state index in [1.807, 2.05) is 18.2 Å². The molecule has 3 rings (SSSR count). The van der Waals surface area contributed by atoms with Crippen molar-refractivity contribution in [1.82, 2.24) is 0 Å². The molecule has 0 heterocycles. The maximum Gasteiger partial charge on any atom is 0.0499 e. The lowest BCUT2D eigenvalue weighted by molar-refractivity contribution is 0.472. The summed E-state index contributed by atoms with van der Waals surface area (Å²) < 4.78 is 1.08. The van der Waals surface area contributed by atoms with Crippen LogP contribution >= 0.6 is 27.5 Å². The molecule has 0 aromatic heterocycles. The lowest BCUT2D eigenvalue weighted by atomic mass is 9.93. The van der Waals surface area contributed by atoms with Crippen molar-refractivity contribution < 1.29 is 0 Å². The normalized spacial score (nSPS) is 29.9. The molecule has 1 aromatic carbocycles. The van der Waals surface area contributed by atoms with Crippen LogP contribution in [0.1, 0.15) is 12.8 Å². The van der Waals surface area contributed by atoms with E-state index >= 15 is 0 Å². The number of hydrogen-bond donors (Lipinski definition) is 1. The van der Waals surface area contributed by atoms with Crippen molar-refractivity contribution in [2.45, 2.75) is 12.8 Å². The van der Waals surface area contributed by atoms with Gasteiger partial charge in [-0.25, -0.2) is 0 Å². The average molecular weight is 313 g/mol. The van der Waals surface area contributed by atoms with Gasteiger partial charge in [-0.2, -0.15) is 0 Å². The summed E-state index contributed by atoms with van der Waals surface area (Å²) in [7, 11) is 0. The fraction of sp³-hybridized carbons (Fsp3) is 0.429. The van der Waals surface area contributed by atoms with Crippen molar-refractivity contribution >= 4 is 33.2 Å². The highest BCUT2D eigenvalue weighted by Gasteiger charge is 2.35. The molecule has 17 heavy (non-hydrogen) atoms. The standard InChI is InChI=1S/C14H15BrClN/c15-13-4-3-12(16)7-14(13)17-8-11-6-9-1-2-10(11)5-9/h1-4,7,9-11,17H,5-6,8H2. The number of halogens is 2. The monoisotopic (exact) mass is 311 g/mol. The zero-order valence-electron chi connectivity index (χ0n) is 9.50. The molecule has 1 saturated carbocycles. The second kappa shape index (κ2) is 4.66. The summed E-state index contributed by atoms with van der Waals surface area (Å²) in [5, 5.41) is 4.30. The predicted octanol–water partition coefficient (Wildman–Crippen LogP) is 4.73. The molecule has 3 heteroatoms. The van der Waals surface area contributed by atoms with Crippen molar-refractivity contribution in [2.75, 3.05) is 11.9 Å². The van der Waals surface area contributed by atoms with E-state index in [-0.39, 0.29) is 0 Å². The van der Waals surface area contributed by atoms with Crippen molar-refractivity contribution in [3.8, 4) is 0 Å². The van der Waals surface area contributed by atoms with Crippen LogP contribution in [0, 0.1) is 17.8 Å². The second-order valence-corrected chi connectivity index (χ2v) is 6.34. The van der Waals surface area contributed by atoms with Gasteiger partial charge in [0.2, 0.25) is 0 Å². The molecule has 1 N–H and O–H groups in total. The first-order chi connectivity index (χ1) is 8.22. The number of rotatable bonds is 3. The van der Waals surface area contributed by atoms with Gasteiger partial charge in [0.05, 0.1) is 0 Å². The average Bonchev–Trinajstić information content (AvgIpc) is 2.92. The maximum absolute atomic E-state index is 6.00. The van der Waals surface area contributed by atoms with Crippen LogP contribution in [0.2, 0.25) is 5.02 Å². The number of benzene rings is 1. The van der Waals surface area contributed by atoms with Crippen molar-refractivity contribution in [3.05, 3.63) is 39.8 Å². The Morgan fingerprint density at radius 3 is 2.88 bits per heavy atom. The predicted molar refractivity (Wildman–Crippen MR) is 76.5 cm³/mol. The van der Waals surface area contributed by atoms with Crippen LogP contribution in [0.25, 0.3) is 0 Å². The molecule has 0 aliphatic heterocycles. The Kier molecular flexibility index (Phi) is 3.18. The van der Waals surface area contributed by atoms with Gasteiger partial charge in [-0.05, 0) is 64.7 Å². The first-order valence-corrected chi connectivity index (χ1v) is 7.27. The van der Waals surface area contributed by atoms with E-state index in [9.17, 15) is 0 Å². The van der Waals surface area contributed by atoms with Gasteiger partial charge in [0.15, 0.2) is 0 Å². The Morgan fingerprint density at radius 2 is 2.18 bits per heavy atom. The lowest BCUT2D eigenvalue weighted by Gasteiger charge is -2.19. The Bertz CT molecular complexity index is 458. The fourth-order valence-electron chi connectivity index (χ4n) is 3.00. The topological polar surface area (TPSA) is 12.0 Å². The number of anilines is 1. The summed E-state index contributed by atoms with van der Waals surface area (Å²) in [6.45, 7) is 1.05. The van der Waals surface area contributed by atoms with Gasteiger partial charge in [-0.15, -0.1) is 0 Å². The highest BCUT2D eigenvalue weighted by atomic mass is 79.9. The van der Waals surface area contributed by atoms with Gasteiger partial charge in [0.1, 0.15) is 0 Å². The molecular weight excluding hydrogens is 298 g/mol. The molecule has 0 radical (unpaired) electrons. The first kappa shape index (κ1) is 11.6. The summed E-state index contributed by atoms with van der Waals surface area (Å²) in [4.78, 5) is 0. The SMILES string of the molecule is Clc1ccc(Br)c(NCC2CC3C=CC2C3)c1. The van der Waals surface area contributed by atoms with Crippen LogP contribution in [-0.2, 0) is 0 Å². The van der Waals surface area contributed by atoms with E-state index in [4.69, 9.17) is 11.6 Å². The number of hydrogen-bond acceptors (Lipinski definition) is 1. The number of fused-ring (bicyclic) bond motifs is 2. The second-order valence-electron chi connectivity index (χ2n) is 5.05. The zero-order valence-corrected chi connectivity index (χ0v) is 11.8. The summed E-state index contributed by atoms with van der Waals surface area (Å²) >= 11 is 9.55. The Morgan fingerprint density at radius 1 is 1.29 bits per heavy atom. The highest BCUT2D eigenvalue weighted by Crippen LogP contribution is 2.43. The minimum absolute atomic E-state index is 0.781. The third kappa shape index (κ3) is 2.38. The fourth-order valence-corrected chi connectivity index (χ4v) is 3.56. The van der Waals surface area contributed by atoms with Gasteiger partial charge in [0, 0.05) is 21.7 Å². The summed E-state index contributed by atoms with van der Waals surface area (Å²) in [5.41, 5.74) is 1.10. The number of nitrogens with one attached hydrogen (secondary N) is 1. The smallest absolute Gasteiger partial charge is 0.0499 e.